The number of nitrogens with two attached hydrogens (primary N) is 1. The maximum Gasteiger partial charge on any atom is 0.282 e. The van der Waals surface area contributed by atoms with Crippen LogP contribution in [-0.2, 0) is 0 Å². The highest BCUT2D eigenvalue weighted by Gasteiger charge is 2.30. The molecule has 1 aliphatic rings. The number of nitrogens with one attached hydrogen (secondary N) is 1. The van der Waals surface area contributed by atoms with Crippen molar-refractivity contribution in [2.75, 3.05) is 25.4 Å². The summed E-state index contributed by atoms with van der Waals surface area (Å²) in [4.78, 5) is 4.30. The zero-order chi connectivity index (χ0) is 17.1. The maximum atomic E-state index is 13.3. The second kappa shape index (κ2) is 8.67. The molecule has 25 heavy (non-hydrogen) atoms. The van der Waals surface area contributed by atoms with Gasteiger partial charge in [-0.1, -0.05) is 0 Å². The van der Waals surface area contributed by atoms with Crippen molar-refractivity contribution in [2.24, 2.45) is 5.92 Å². The van der Waals surface area contributed by atoms with Crippen molar-refractivity contribution in [3.05, 3.63) is 24.4 Å². The van der Waals surface area contributed by atoms with Crippen LogP contribution in [0.2, 0.25) is 0 Å². The lowest BCUT2D eigenvalue weighted by Gasteiger charge is -2.33. The first-order valence-corrected chi connectivity index (χ1v) is 8.20. The minimum absolute atomic E-state index is 0. The van der Waals surface area contributed by atoms with Gasteiger partial charge in [-0.25, -0.2) is 13.2 Å². The van der Waals surface area contributed by atoms with Crippen LogP contribution in [-0.4, -0.2) is 42.3 Å². The Morgan fingerprint density at radius 2 is 1.96 bits per heavy atom. The molecule has 1 atom stereocenters. The molecule has 0 aliphatic carbocycles. The van der Waals surface area contributed by atoms with Crippen molar-refractivity contribution in [3.8, 4) is 5.75 Å². The van der Waals surface area contributed by atoms with Crippen LogP contribution in [0.5, 0.6) is 5.75 Å². The van der Waals surface area contributed by atoms with E-state index in [4.69, 9.17) is 10.5 Å². The average molecular weight is 378 g/mol. The Hall–Kier alpha value is -1.60. The van der Waals surface area contributed by atoms with E-state index in [0.717, 1.165) is 35.9 Å². The van der Waals surface area contributed by atoms with Gasteiger partial charge in [0.15, 0.2) is 0 Å². The van der Waals surface area contributed by atoms with Crippen molar-refractivity contribution < 1.29 is 17.9 Å². The highest BCUT2D eigenvalue weighted by Crippen LogP contribution is 2.27. The number of alkyl halides is 3. The van der Waals surface area contributed by atoms with Gasteiger partial charge in [-0.2, -0.15) is 0 Å². The van der Waals surface area contributed by atoms with Gasteiger partial charge in [-0.3, -0.25) is 4.90 Å². The molecule has 140 valence electrons. The van der Waals surface area contributed by atoms with Crippen LogP contribution >= 0.6 is 12.4 Å². The van der Waals surface area contributed by atoms with Gasteiger partial charge in [-0.05, 0) is 43.4 Å². The number of benzene rings is 1. The number of anilines is 1. The van der Waals surface area contributed by atoms with Gasteiger partial charge in [0.25, 0.3) is 6.43 Å². The quantitative estimate of drug-likeness (QED) is 0.741. The Bertz CT molecular complexity index is 674. The minimum atomic E-state index is -2.93. The molecule has 8 heteroatoms. The predicted molar refractivity (Wildman–Crippen MR) is 95.3 cm³/mol. The number of hydrogen-bond acceptors (Lipinski definition) is 3. The molecule has 1 aromatic heterocycles. The summed E-state index contributed by atoms with van der Waals surface area (Å²) in [7, 11) is 0. The lowest BCUT2D eigenvalue weighted by Crippen LogP contribution is -2.42. The van der Waals surface area contributed by atoms with E-state index >= 15 is 0 Å². The first kappa shape index (κ1) is 19.7. The predicted octanol–water partition coefficient (Wildman–Crippen LogP) is 4.21. The fourth-order valence-corrected chi connectivity index (χ4v) is 3.20. The lowest BCUT2D eigenvalue weighted by molar-refractivity contribution is -0.0616. The highest BCUT2D eigenvalue weighted by atomic mass is 35.5. The molecule has 0 radical (unpaired) electrons. The Balaban J connectivity index is 0.00000225. The molecule has 2 heterocycles. The molecule has 0 saturated carbocycles. The number of nitrogens with zero attached hydrogens (tertiary/aromatic N) is 1. The van der Waals surface area contributed by atoms with Crippen LogP contribution < -0.4 is 10.5 Å². The van der Waals surface area contributed by atoms with E-state index in [1.54, 1.807) is 6.20 Å². The molecule has 1 aliphatic heterocycles. The zero-order valence-corrected chi connectivity index (χ0v) is 14.6. The second-order valence-electron chi connectivity index (χ2n) is 6.27. The number of halogens is 4. The molecule has 1 fully saturated rings. The minimum Gasteiger partial charge on any atom is -0.494 e. The average Bonchev–Trinajstić information content (AvgIpc) is 2.95. The van der Waals surface area contributed by atoms with E-state index in [1.807, 2.05) is 18.2 Å². The smallest absolute Gasteiger partial charge is 0.282 e. The molecule has 0 spiro atoms. The molecular formula is C17H23ClF3N3O. The zero-order valence-electron chi connectivity index (χ0n) is 13.8. The summed E-state index contributed by atoms with van der Waals surface area (Å²) in [6.07, 6.45) is -1.04. The van der Waals surface area contributed by atoms with Crippen LogP contribution in [0, 0.1) is 5.92 Å². The van der Waals surface area contributed by atoms with E-state index in [0.29, 0.717) is 31.3 Å². The Kier molecular flexibility index (Phi) is 6.84. The van der Waals surface area contributed by atoms with Crippen LogP contribution in [0.25, 0.3) is 10.9 Å². The van der Waals surface area contributed by atoms with E-state index in [2.05, 4.69) is 4.98 Å². The van der Waals surface area contributed by atoms with Gasteiger partial charge in [0.2, 0.25) is 6.30 Å². The van der Waals surface area contributed by atoms with Crippen LogP contribution in [0.4, 0.5) is 18.9 Å². The van der Waals surface area contributed by atoms with Crippen LogP contribution in [0.3, 0.4) is 0 Å². The van der Waals surface area contributed by atoms with Crippen LogP contribution in [0.1, 0.15) is 19.3 Å². The summed E-state index contributed by atoms with van der Waals surface area (Å²) >= 11 is 0. The highest BCUT2D eigenvalue weighted by molar-refractivity contribution is 5.92. The molecule has 4 nitrogen and oxygen atoms in total. The number of hydrogen-bond donors (Lipinski definition) is 2. The van der Waals surface area contributed by atoms with Gasteiger partial charge < -0.3 is 15.5 Å². The third kappa shape index (κ3) is 4.73. The number of piperidine rings is 1. The Labute approximate surface area is 150 Å². The van der Waals surface area contributed by atoms with Gasteiger partial charge in [0, 0.05) is 30.2 Å². The topological polar surface area (TPSA) is 54.3 Å². The van der Waals surface area contributed by atoms with Crippen molar-refractivity contribution in [1.29, 1.82) is 0 Å². The van der Waals surface area contributed by atoms with E-state index < -0.39 is 12.7 Å². The summed E-state index contributed by atoms with van der Waals surface area (Å²) in [5, 5.41) is 0.932. The SMILES string of the molecule is Cl.Nc1c[nH]c2ccc(OCCC3CCN(C(F)C(F)F)CC3)cc12. The van der Waals surface area contributed by atoms with Gasteiger partial charge in [0.1, 0.15) is 5.75 Å². The number of ether oxygens (including phenoxy) is 1. The molecule has 0 amide bonds. The van der Waals surface area contributed by atoms with Gasteiger partial charge in [0.05, 0.1) is 12.3 Å². The van der Waals surface area contributed by atoms with Crippen LogP contribution in [0.15, 0.2) is 24.4 Å². The molecule has 2 aromatic rings. The number of aromatic amines is 1. The maximum absolute atomic E-state index is 13.3. The number of nitrogen functional groups attached to an aromatic ring is 1. The molecule has 1 aromatic carbocycles. The molecule has 1 saturated heterocycles. The first-order chi connectivity index (χ1) is 11.5. The fraction of sp³-hybridized carbons (Fsp3) is 0.529. The number of rotatable bonds is 6. The number of fused-ring (bicyclic) bond motifs is 1. The third-order valence-electron chi connectivity index (χ3n) is 4.69. The standard InChI is InChI=1S/C17H22F3N3O.ClH/c18-16(19)17(20)23-6-3-11(4-7-23)5-8-24-12-1-2-15-13(9-12)14(21)10-22-15;/h1-2,9-11,16-17,22H,3-8,21H2;1H. The molecular weight excluding hydrogens is 355 g/mol. The molecule has 3 N–H and O–H groups in total. The van der Waals surface area contributed by atoms with E-state index in [-0.39, 0.29) is 12.4 Å². The molecule has 0 bridgehead atoms. The normalized spacial score (nSPS) is 17.6. The summed E-state index contributed by atoms with van der Waals surface area (Å²) < 4.78 is 43.8. The monoisotopic (exact) mass is 377 g/mol. The van der Waals surface area contributed by atoms with E-state index in [9.17, 15) is 13.2 Å². The summed E-state index contributed by atoms with van der Waals surface area (Å²) in [6, 6.07) is 5.71. The molecule has 1 unspecified atom stereocenters. The first-order valence-electron chi connectivity index (χ1n) is 8.20. The summed E-state index contributed by atoms with van der Waals surface area (Å²) in [6.45, 7) is 1.30. The van der Waals surface area contributed by atoms with Crippen molar-refractivity contribution >= 4 is 29.0 Å². The number of aromatic nitrogens is 1. The number of likely N-dealkylation sites (tertiary alicyclic amines) is 1. The van der Waals surface area contributed by atoms with Gasteiger partial charge >= 0.3 is 0 Å². The van der Waals surface area contributed by atoms with Crippen molar-refractivity contribution in [3.63, 3.8) is 0 Å². The Morgan fingerprint density at radius 1 is 1.24 bits per heavy atom. The third-order valence-corrected chi connectivity index (χ3v) is 4.69. The molecule has 3 rings (SSSR count). The lowest BCUT2D eigenvalue weighted by atomic mass is 9.94. The van der Waals surface area contributed by atoms with Crippen molar-refractivity contribution in [2.45, 2.75) is 32.0 Å². The Morgan fingerprint density at radius 3 is 2.64 bits per heavy atom. The summed E-state index contributed by atoms with van der Waals surface area (Å²) in [5.74, 6) is 1.14. The second-order valence-corrected chi connectivity index (χ2v) is 6.27. The van der Waals surface area contributed by atoms with Gasteiger partial charge in [-0.15, -0.1) is 12.4 Å². The van der Waals surface area contributed by atoms with Crippen molar-refractivity contribution in [1.82, 2.24) is 9.88 Å². The number of H-pyrrole nitrogens is 1. The van der Waals surface area contributed by atoms with E-state index in [1.165, 1.54) is 4.90 Å². The fourth-order valence-electron chi connectivity index (χ4n) is 3.20. The summed E-state index contributed by atoms with van der Waals surface area (Å²) in [5.41, 5.74) is 7.52. The largest absolute Gasteiger partial charge is 0.494 e.